The number of benzene rings is 3. The lowest BCUT2D eigenvalue weighted by atomic mass is 10.1. The van der Waals surface area contributed by atoms with Crippen LogP contribution in [0.1, 0.15) is 42.2 Å². The fourth-order valence-electron chi connectivity index (χ4n) is 3.09. The third-order valence-electron chi connectivity index (χ3n) is 5.15. The number of ether oxygens (including phenoxy) is 2. The molecule has 0 radical (unpaired) electrons. The number of carbonyl (C=O) groups excluding carboxylic acids is 4. The van der Waals surface area contributed by atoms with Crippen molar-refractivity contribution in [1.29, 1.82) is 0 Å². The summed E-state index contributed by atoms with van der Waals surface area (Å²) >= 11 is 0. The molecular weight excluding hydrogens is 480 g/mol. The Bertz CT molecular complexity index is 1290. The van der Waals surface area contributed by atoms with Crippen molar-refractivity contribution in [1.82, 2.24) is 10.9 Å². The zero-order chi connectivity index (χ0) is 26.9. The minimum atomic E-state index is -2.23. The number of esters is 2. The van der Waals surface area contributed by atoms with Crippen molar-refractivity contribution in [3.8, 4) is 0 Å². The lowest BCUT2D eigenvalue weighted by molar-refractivity contribution is -0.159. The van der Waals surface area contributed by atoms with Gasteiger partial charge in [0.05, 0.1) is 11.1 Å². The van der Waals surface area contributed by atoms with Crippen molar-refractivity contribution in [2.75, 3.05) is 0 Å². The van der Waals surface area contributed by atoms with E-state index in [0.29, 0.717) is 0 Å². The van der Waals surface area contributed by atoms with Gasteiger partial charge in [-0.15, -0.1) is 0 Å². The van der Waals surface area contributed by atoms with E-state index in [9.17, 15) is 29.1 Å². The third-order valence-corrected chi connectivity index (χ3v) is 5.15. The maximum absolute atomic E-state index is 13.0. The van der Waals surface area contributed by atoms with Crippen LogP contribution in [0.25, 0.3) is 0 Å². The van der Waals surface area contributed by atoms with Crippen LogP contribution >= 0.6 is 0 Å². The Kier molecular flexibility index (Phi) is 8.71. The summed E-state index contributed by atoms with van der Waals surface area (Å²) in [6.45, 7) is 3.59. The number of aryl methyl sites for hydroxylation is 2. The van der Waals surface area contributed by atoms with Crippen molar-refractivity contribution in [3.05, 3.63) is 107 Å². The molecule has 3 N–H and O–H groups in total. The lowest BCUT2D eigenvalue weighted by Gasteiger charge is -2.23. The predicted octanol–water partition coefficient (Wildman–Crippen LogP) is 2.60. The molecule has 3 aromatic carbocycles. The summed E-state index contributed by atoms with van der Waals surface area (Å²) in [5, 5.41) is 9.77. The molecule has 0 aliphatic rings. The number of carboxylic acid groups (broad SMARTS) is 1. The number of carboxylic acids is 1. The molecule has 0 spiro atoms. The van der Waals surface area contributed by atoms with E-state index in [-0.39, 0.29) is 16.7 Å². The molecule has 0 unspecified atom stereocenters. The van der Waals surface area contributed by atoms with Crippen molar-refractivity contribution in [3.63, 3.8) is 0 Å². The summed E-state index contributed by atoms with van der Waals surface area (Å²) in [6, 6.07) is 20.1. The summed E-state index contributed by atoms with van der Waals surface area (Å²) in [4.78, 5) is 62.7. The van der Waals surface area contributed by atoms with E-state index >= 15 is 0 Å². The van der Waals surface area contributed by atoms with Crippen LogP contribution in [0.4, 0.5) is 0 Å². The largest absolute Gasteiger partial charge is 0.478 e. The maximum Gasteiger partial charge on any atom is 0.349 e. The second kappa shape index (κ2) is 12.1. The average Bonchev–Trinajstić information content (AvgIpc) is 2.89. The Morgan fingerprint density at radius 3 is 1.54 bits per heavy atom. The highest BCUT2D eigenvalue weighted by atomic mass is 16.6. The SMILES string of the molecule is Cc1ccc(C(=O)O[C@H](C(=O)O)[C@@H](OC(=O)c2ccc(C)cc2)C(=O)NNC(=O)c2ccccc2)cc1. The molecule has 0 saturated carbocycles. The molecule has 3 aromatic rings. The van der Waals surface area contributed by atoms with E-state index in [4.69, 9.17) is 9.47 Å². The number of hydrazine groups is 1. The van der Waals surface area contributed by atoms with Crippen molar-refractivity contribution >= 4 is 29.7 Å². The normalized spacial score (nSPS) is 11.9. The summed E-state index contributed by atoms with van der Waals surface area (Å²) in [5.41, 5.74) is 6.12. The quantitative estimate of drug-likeness (QED) is 0.313. The second-order valence-corrected chi connectivity index (χ2v) is 8.03. The Labute approximate surface area is 212 Å². The molecule has 37 heavy (non-hydrogen) atoms. The van der Waals surface area contributed by atoms with E-state index in [1.807, 2.05) is 5.43 Å². The molecule has 10 heteroatoms. The third kappa shape index (κ3) is 7.25. The number of amides is 2. The molecule has 10 nitrogen and oxygen atoms in total. The molecule has 0 aliphatic carbocycles. The zero-order valence-corrected chi connectivity index (χ0v) is 20.0. The van der Waals surface area contributed by atoms with Crippen LogP contribution in [0.2, 0.25) is 0 Å². The van der Waals surface area contributed by atoms with E-state index in [1.54, 1.807) is 56.3 Å². The number of hydrogen-bond donors (Lipinski definition) is 3. The monoisotopic (exact) mass is 504 g/mol. The Hall–Kier alpha value is -4.99. The molecule has 0 bridgehead atoms. The van der Waals surface area contributed by atoms with Gasteiger partial charge in [0.2, 0.25) is 12.2 Å². The van der Waals surface area contributed by atoms with Crippen LogP contribution in [0.15, 0.2) is 78.9 Å². The van der Waals surface area contributed by atoms with Crippen LogP contribution in [0, 0.1) is 13.8 Å². The van der Waals surface area contributed by atoms with Gasteiger partial charge in [0.15, 0.2) is 0 Å². The smallest absolute Gasteiger partial charge is 0.349 e. The minimum absolute atomic E-state index is 0.0262. The van der Waals surface area contributed by atoms with Crippen molar-refractivity contribution < 1.29 is 38.6 Å². The number of carbonyl (C=O) groups is 5. The van der Waals surface area contributed by atoms with Gasteiger partial charge in [-0.25, -0.2) is 14.4 Å². The molecule has 2 amide bonds. The number of nitrogens with one attached hydrogen (secondary N) is 2. The summed E-state index contributed by atoms with van der Waals surface area (Å²) in [5.74, 6) is -5.77. The number of aliphatic carboxylic acids is 1. The molecule has 0 saturated heterocycles. The van der Waals surface area contributed by atoms with Gasteiger partial charge in [-0.1, -0.05) is 53.6 Å². The Balaban J connectivity index is 1.84. The summed E-state index contributed by atoms with van der Waals surface area (Å²) < 4.78 is 10.3. The van der Waals surface area contributed by atoms with E-state index < -0.39 is 41.9 Å². The van der Waals surface area contributed by atoms with Crippen LogP contribution in [-0.4, -0.2) is 47.0 Å². The van der Waals surface area contributed by atoms with Crippen LogP contribution in [0.5, 0.6) is 0 Å². The highest BCUT2D eigenvalue weighted by Crippen LogP contribution is 2.14. The van der Waals surface area contributed by atoms with E-state index in [2.05, 4.69) is 5.43 Å². The molecule has 0 aliphatic heterocycles. The van der Waals surface area contributed by atoms with Crippen LogP contribution < -0.4 is 10.9 Å². The first kappa shape index (κ1) is 26.6. The highest BCUT2D eigenvalue weighted by Gasteiger charge is 2.41. The fourth-order valence-corrected chi connectivity index (χ4v) is 3.09. The Morgan fingerprint density at radius 2 is 1.08 bits per heavy atom. The zero-order valence-electron chi connectivity index (χ0n) is 20.0. The second-order valence-electron chi connectivity index (χ2n) is 8.03. The first-order valence-electron chi connectivity index (χ1n) is 11.1. The molecule has 0 aromatic heterocycles. The summed E-state index contributed by atoms with van der Waals surface area (Å²) in [7, 11) is 0. The molecule has 3 rings (SSSR count). The minimum Gasteiger partial charge on any atom is -0.478 e. The van der Waals surface area contributed by atoms with Crippen molar-refractivity contribution in [2.45, 2.75) is 26.1 Å². The van der Waals surface area contributed by atoms with Gasteiger partial charge in [-0.05, 0) is 50.2 Å². The Morgan fingerprint density at radius 1 is 0.622 bits per heavy atom. The highest BCUT2D eigenvalue weighted by molar-refractivity contribution is 5.99. The number of hydrogen-bond acceptors (Lipinski definition) is 7. The maximum atomic E-state index is 13.0. The van der Waals surface area contributed by atoms with Gasteiger partial charge >= 0.3 is 17.9 Å². The van der Waals surface area contributed by atoms with Gasteiger partial charge in [0.1, 0.15) is 0 Å². The van der Waals surface area contributed by atoms with Gasteiger partial charge < -0.3 is 14.6 Å². The first-order chi connectivity index (χ1) is 17.7. The van der Waals surface area contributed by atoms with Gasteiger partial charge in [-0.2, -0.15) is 0 Å². The van der Waals surface area contributed by atoms with Crippen LogP contribution in [0.3, 0.4) is 0 Å². The lowest BCUT2D eigenvalue weighted by Crippen LogP contribution is -2.54. The molecule has 190 valence electrons. The molecule has 0 fully saturated rings. The first-order valence-corrected chi connectivity index (χ1v) is 11.1. The van der Waals surface area contributed by atoms with Gasteiger partial charge in [0.25, 0.3) is 11.8 Å². The van der Waals surface area contributed by atoms with Crippen molar-refractivity contribution in [2.24, 2.45) is 0 Å². The van der Waals surface area contributed by atoms with Gasteiger partial charge in [0, 0.05) is 5.56 Å². The standard InChI is InChI=1S/C27H24N2O8/c1-16-8-12-19(13-9-16)26(34)36-21(24(31)29-28-23(30)18-6-4-3-5-7-18)22(25(32)33)37-27(35)20-14-10-17(2)11-15-20/h3-15,21-22H,1-2H3,(H,28,30)(H,29,31)(H,32,33)/t21-,22+/m1/s1. The molecular formula is C27H24N2O8. The predicted molar refractivity (Wildman–Crippen MR) is 130 cm³/mol. The van der Waals surface area contributed by atoms with Crippen LogP contribution in [-0.2, 0) is 19.1 Å². The fraction of sp³-hybridized carbons (Fsp3) is 0.148. The topological polar surface area (TPSA) is 148 Å². The number of rotatable bonds is 8. The van der Waals surface area contributed by atoms with Gasteiger partial charge in [-0.3, -0.25) is 20.4 Å². The van der Waals surface area contributed by atoms with E-state index in [0.717, 1.165) is 11.1 Å². The molecule has 0 heterocycles. The average molecular weight is 504 g/mol. The molecule has 2 atom stereocenters. The van der Waals surface area contributed by atoms with E-state index in [1.165, 1.54) is 36.4 Å². The summed E-state index contributed by atoms with van der Waals surface area (Å²) in [6.07, 6.45) is -4.37.